The first kappa shape index (κ1) is 21.4. The fraction of sp³-hybridized carbons (Fsp3) is 0.348. The standard InChI is InChI=1S/C23H26N2O5/c1-16(18-8-4-3-5-9-18)14-24-23(28)17(2)30-22(27)15-25-19-10-6-7-11-20(19)29-13-12-21(25)26/h3-11,16-17H,12-15H2,1-2H3,(H,24,28)/t16-,17+/m0/s1. The van der Waals surface area contributed by atoms with Crippen molar-refractivity contribution in [1.29, 1.82) is 0 Å². The van der Waals surface area contributed by atoms with E-state index < -0.39 is 12.1 Å². The molecule has 0 radical (unpaired) electrons. The maximum absolute atomic E-state index is 12.4. The Kier molecular flexibility index (Phi) is 7.06. The van der Waals surface area contributed by atoms with Crippen LogP contribution >= 0.6 is 0 Å². The number of anilines is 1. The number of esters is 1. The summed E-state index contributed by atoms with van der Waals surface area (Å²) in [5.74, 6) is -0.595. The van der Waals surface area contributed by atoms with E-state index in [2.05, 4.69) is 5.32 Å². The second kappa shape index (κ2) is 9.91. The van der Waals surface area contributed by atoms with Crippen LogP contribution in [0.1, 0.15) is 31.7 Å². The van der Waals surface area contributed by atoms with Crippen LogP contribution in [0.3, 0.4) is 0 Å². The van der Waals surface area contributed by atoms with Crippen LogP contribution in [0.5, 0.6) is 5.75 Å². The third-order valence-corrected chi connectivity index (χ3v) is 4.95. The summed E-state index contributed by atoms with van der Waals surface area (Å²) in [6, 6.07) is 16.9. The van der Waals surface area contributed by atoms with Crippen molar-refractivity contribution in [3.63, 3.8) is 0 Å². The monoisotopic (exact) mass is 410 g/mol. The first-order chi connectivity index (χ1) is 14.5. The van der Waals surface area contributed by atoms with E-state index in [-0.39, 0.29) is 37.3 Å². The molecule has 7 nitrogen and oxygen atoms in total. The lowest BCUT2D eigenvalue weighted by molar-refractivity contribution is -0.153. The molecule has 0 fully saturated rings. The van der Waals surface area contributed by atoms with Crippen LogP contribution in [0, 0.1) is 0 Å². The minimum atomic E-state index is -0.964. The quantitative estimate of drug-likeness (QED) is 0.710. The molecule has 1 aliphatic rings. The van der Waals surface area contributed by atoms with E-state index in [1.54, 1.807) is 24.3 Å². The number of hydrogen-bond donors (Lipinski definition) is 1. The lowest BCUT2D eigenvalue weighted by Crippen LogP contribution is -2.41. The van der Waals surface area contributed by atoms with Gasteiger partial charge in [0.25, 0.3) is 5.91 Å². The van der Waals surface area contributed by atoms with Gasteiger partial charge >= 0.3 is 5.97 Å². The van der Waals surface area contributed by atoms with Crippen molar-refractivity contribution < 1.29 is 23.9 Å². The average molecular weight is 410 g/mol. The maximum Gasteiger partial charge on any atom is 0.326 e. The van der Waals surface area contributed by atoms with Crippen LogP contribution in [0.2, 0.25) is 0 Å². The number of nitrogens with one attached hydrogen (secondary N) is 1. The van der Waals surface area contributed by atoms with Gasteiger partial charge in [-0.05, 0) is 30.5 Å². The molecule has 0 aromatic heterocycles. The highest BCUT2D eigenvalue weighted by atomic mass is 16.5. The molecule has 0 saturated carbocycles. The Balaban J connectivity index is 1.54. The highest BCUT2D eigenvalue weighted by Crippen LogP contribution is 2.30. The lowest BCUT2D eigenvalue weighted by Gasteiger charge is -2.22. The van der Waals surface area contributed by atoms with E-state index in [0.29, 0.717) is 18.0 Å². The Labute approximate surface area is 176 Å². The fourth-order valence-electron chi connectivity index (χ4n) is 3.21. The summed E-state index contributed by atoms with van der Waals surface area (Å²) >= 11 is 0. The van der Waals surface area contributed by atoms with Crippen LogP contribution in [0.4, 0.5) is 5.69 Å². The predicted octanol–water partition coefficient (Wildman–Crippen LogP) is 2.65. The van der Waals surface area contributed by atoms with E-state index in [0.717, 1.165) is 5.56 Å². The molecule has 2 amide bonds. The molecule has 0 aliphatic carbocycles. The molecule has 3 rings (SSSR count). The number of hydrogen-bond acceptors (Lipinski definition) is 5. The zero-order valence-corrected chi connectivity index (χ0v) is 17.2. The molecule has 2 aromatic carbocycles. The second-order valence-electron chi connectivity index (χ2n) is 7.24. The number of para-hydroxylation sites is 2. The van der Waals surface area contributed by atoms with Crippen molar-refractivity contribution in [1.82, 2.24) is 5.32 Å². The summed E-state index contributed by atoms with van der Waals surface area (Å²) in [4.78, 5) is 38.5. The maximum atomic E-state index is 12.4. The van der Waals surface area contributed by atoms with Crippen LogP contribution in [-0.2, 0) is 19.1 Å². The molecule has 1 N–H and O–H groups in total. The Bertz CT molecular complexity index is 899. The molecule has 158 valence electrons. The van der Waals surface area contributed by atoms with Gasteiger partial charge in [-0.2, -0.15) is 0 Å². The lowest BCUT2D eigenvalue weighted by atomic mass is 10.0. The van der Waals surface area contributed by atoms with Gasteiger partial charge in [0.05, 0.1) is 18.7 Å². The third-order valence-electron chi connectivity index (χ3n) is 4.95. The minimum absolute atomic E-state index is 0.129. The van der Waals surface area contributed by atoms with E-state index in [4.69, 9.17) is 9.47 Å². The number of nitrogens with zero attached hydrogens (tertiary/aromatic N) is 1. The van der Waals surface area contributed by atoms with Crippen LogP contribution in [0.25, 0.3) is 0 Å². The Hall–Kier alpha value is -3.35. The number of fused-ring (bicyclic) bond motifs is 1. The average Bonchev–Trinajstić information content (AvgIpc) is 2.91. The van der Waals surface area contributed by atoms with Crippen molar-refractivity contribution >= 4 is 23.5 Å². The summed E-state index contributed by atoms with van der Waals surface area (Å²) < 4.78 is 10.8. The normalized spacial score (nSPS) is 15.3. The third kappa shape index (κ3) is 5.37. The number of carbonyl (C=O) groups excluding carboxylic acids is 3. The van der Waals surface area contributed by atoms with Crippen molar-refractivity contribution in [2.75, 3.05) is 24.6 Å². The zero-order chi connectivity index (χ0) is 21.5. The molecular weight excluding hydrogens is 384 g/mol. The molecule has 2 aromatic rings. The van der Waals surface area contributed by atoms with Crippen molar-refractivity contribution in [3.05, 3.63) is 60.2 Å². The van der Waals surface area contributed by atoms with E-state index in [1.807, 2.05) is 37.3 Å². The SMILES string of the molecule is C[C@@H](OC(=O)CN1C(=O)CCOc2ccccc21)C(=O)NC[C@H](C)c1ccccc1. The molecule has 0 unspecified atom stereocenters. The Morgan fingerprint density at radius 1 is 1.10 bits per heavy atom. The zero-order valence-electron chi connectivity index (χ0n) is 17.2. The number of rotatable bonds is 7. The molecule has 0 bridgehead atoms. The molecule has 2 atom stereocenters. The van der Waals surface area contributed by atoms with E-state index in [1.165, 1.54) is 11.8 Å². The molecule has 30 heavy (non-hydrogen) atoms. The second-order valence-corrected chi connectivity index (χ2v) is 7.24. The van der Waals surface area contributed by atoms with Gasteiger partial charge < -0.3 is 14.8 Å². The fourth-order valence-corrected chi connectivity index (χ4v) is 3.21. The first-order valence-corrected chi connectivity index (χ1v) is 10.00. The Morgan fingerprint density at radius 2 is 1.80 bits per heavy atom. The van der Waals surface area contributed by atoms with E-state index >= 15 is 0 Å². The van der Waals surface area contributed by atoms with Crippen LogP contribution in [-0.4, -0.2) is 43.6 Å². The van der Waals surface area contributed by atoms with E-state index in [9.17, 15) is 14.4 Å². The van der Waals surface area contributed by atoms with Gasteiger partial charge in [-0.3, -0.25) is 19.3 Å². The highest BCUT2D eigenvalue weighted by Gasteiger charge is 2.27. The minimum Gasteiger partial charge on any atom is -0.491 e. The number of carbonyl (C=O) groups is 3. The predicted molar refractivity (Wildman–Crippen MR) is 112 cm³/mol. The molecule has 1 heterocycles. The summed E-state index contributed by atoms with van der Waals surface area (Å²) in [6.45, 7) is 3.93. The van der Waals surface area contributed by atoms with Crippen molar-refractivity contribution in [3.8, 4) is 5.75 Å². The number of benzene rings is 2. The first-order valence-electron chi connectivity index (χ1n) is 10.00. The number of ether oxygens (including phenoxy) is 2. The largest absolute Gasteiger partial charge is 0.491 e. The van der Waals surface area contributed by atoms with Gasteiger partial charge in [-0.1, -0.05) is 49.4 Å². The number of amides is 2. The van der Waals surface area contributed by atoms with Gasteiger partial charge in [0.2, 0.25) is 5.91 Å². The summed E-state index contributed by atoms with van der Waals surface area (Å²) in [6.07, 6.45) is -0.802. The summed E-state index contributed by atoms with van der Waals surface area (Å²) in [5, 5.41) is 2.81. The van der Waals surface area contributed by atoms with Crippen molar-refractivity contribution in [2.45, 2.75) is 32.3 Å². The van der Waals surface area contributed by atoms with Gasteiger partial charge in [0, 0.05) is 6.54 Å². The molecule has 0 saturated heterocycles. The van der Waals surface area contributed by atoms with Gasteiger partial charge in [0.15, 0.2) is 6.10 Å². The van der Waals surface area contributed by atoms with Crippen LogP contribution < -0.4 is 15.0 Å². The molecular formula is C23H26N2O5. The van der Waals surface area contributed by atoms with Crippen LogP contribution in [0.15, 0.2) is 54.6 Å². The molecule has 1 aliphatic heterocycles. The Morgan fingerprint density at radius 3 is 2.57 bits per heavy atom. The molecule has 7 heteroatoms. The van der Waals surface area contributed by atoms with Crippen molar-refractivity contribution in [2.24, 2.45) is 0 Å². The summed E-state index contributed by atoms with van der Waals surface area (Å²) in [5.41, 5.74) is 1.63. The van der Waals surface area contributed by atoms with Gasteiger partial charge in [0.1, 0.15) is 12.3 Å². The van der Waals surface area contributed by atoms with Gasteiger partial charge in [-0.25, -0.2) is 0 Å². The highest BCUT2D eigenvalue weighted by molar-refractivity contribution is 5.99. The smallest absolute Gasteiger partial charge is 0.326 e. The van der Waals surface area contributed by atoms with Gasteiger partial charge in [-0.15, -0.1) is 0 Å². The summed E-state index contributed by atoms with van der Waals surface area (Å²) in [7, 11) is 0. The molecule has 0 spiro atoms. The topological polar surface area (TPSA) is 84.9 Å².